The highest BCUT2D eigenvalue weighted by Gasteiger charge is 2.23. The van der Waals surface area contributed by atoms with Crippen LogP contribution >= 0.6 is 11.3 Å². The van der Waals surface area contributed by atoms with E-state index in [1.54, 1.807) is 0 Å². The topological polar surface area (TPSA) is 40.5 Å². The quantitative estimate of drug-likeness (QED) is 0.673. The van der Waals surface area contributed by atoms with E-state index in [9.17, 15) is 4.79 Å². The molecule has 0 saturated heterocycles. The van der Waals surface area contributed by atoms with Gasteiger partial charge in [0.1, 0.15) is 6.61 Å². The van der Waals surface area contributed by atoms with Gasteiger partial charge in [0.15, 0.2) is 0 Å². The largest absolute Gasteiger partial charge is 0.384 e. The number of aliphatic hydroxyl groups is 1. The SMILES string of the molecule is Cc1cc(C(=O)N(C)C2CCCCCC2)sc1C#CCO. The van der Waals surface area contributed by atoms with Gasteiger partial charge >= 0.3 is 0 Å². The molecule has 2 rings (SSSR count). The van der Waals surface area contributed by atoms with Gasteiger partial charge in [-0.3, -0.25) is 4.79 Å². The molecule has 0 bridgehead atoms. The summed E-state index contributed by atoms with van der Waals surface area (Å²) in [6.45, 7) is 1.81. The zero-order chi connectivity index (χ0) is 15.2. The highest BCUT2D eigenvalue weighted by Crippen LogP contribution is 2.26. The van der Waals surface area contributed by atoms with Crippen molar-refractivity contribution in [3.05, 3.63) is 21.4 Å². The molecule has 21 heavy (non-hydrogen) atoms. The van der Waals surface area contributed by atoms with E-state index in [1.807, 2.05) is 24.9 Å². The first-order valence-corrected chi connectivity index (χ1v) is 8.42. The zero-order valence-corrected chi connectivity index (χ0v) is 13.6. The van der Waals surface area contributed by atoms with Crippen LogP contribution in [0.25, 0.3) is 0 Å². The molecule has 114 valence electrons. The lowest BCUT2D eigenvalue weighted by atomic mass is 10.1. The molecule has 1 aromatic rings. The fraction of sp³-hybridized carbons (Fsp3) is 0.588. The molecule has 0 spiro atoms. The Hall–Kier alpha value is -1.31. The van der Waals surface area contributed by atoms with Gasteiger partial charge in [-0.2, -0.15) is 0 Å². The monoisotopic (exact) mass is 305 g/mol. The molecular weight excluding hydrogens is 282 g/mol. The molecular formula is C17H23NO2S. The third-order valence-corrected chi connectivity index (χ3v) is 5.24. The van der Waals surface area contributed by atoms with Gasteiger partial charge in [-0.25, -0.2) is 0 Å². The summed E-state index contributed by atoms with van der Waals surface area (Å²) < 4.78 is 0. The molecule has 1 aliphatic rings. The fourth-order valence-corrected chi connectivity index (χ4v) is 3.85. The Balaban J connectivity index is 2.11. The van der Waals surface area contributed by atoms with Crippen molar-refractivity contribution < 1.29 is 9.90 Å². The van der Waals surface area contributed by atoms with Crippen LogP contribution in [0.4, 0.5) is 0 Å². The normalized spacial score (nSPS) is 16.0. The van der Waals surface area contributed by atoms with Gasteiger partial charge in [0, 0.05) is 13.1 Å². The van der Waals surface area contributed by atoms with Crippen LogP contribution in [0.5, 0.6) is 0 Å². The highest BCUT2D eigenvalue weighted by molar-refractivity contribution is 7.14. The average Bonchev–Trinajstić information content (AvgIpc) is 2.69. The Labute approximate surface area is 131 Å². The van der Waals surface area contributed by atoms with Gasteiger partial charge in [0.05, 0.1) is 9.75 Å². The summed E-state index contributed by atoms with van der Waals surface area (Å²) in [7, 11) is 1.92. The molecule has 0 radical (unpaired) electrons. The van der Waals surface area contributed by atoms with Crippen LogP contribution in [0.1, 0.15) is 58.6 Å². The molecule has 1 saturated carbocycles. The van der Waals surface area contributed by atoms with E-state index in [2.05, 4.69) is 11.8 Å². The van der Waals surface area contributed by atoms with Crippen molar-refractivity contribution >= 4 is 17.2 Å². The molecule has 3 nitrogen and oxygen atoms in total. The van der Waals surface area contributed by atoms with Gasteiger partial charge in [0.25, 0.3) is 5.91 Å². The molecule has 0 atom stereocenters. The molecule has 0 aliphatic heterocycles. The van der Waals surface area contributed by atoms with Gasteiger partial charge in [0.2, 0.25) is 0 Å². The minimum Gasteiger partial charge on any atom is -0.384 e. The van der Waals surface area contributed by atoms with Gasteiger partial charge in [-0.1, -0.05) is 37.5 Å². The number of aryl methyl sites for hydroxylation is 1. The first kappa shape index (κ1) is 16.1. The Kier molecular flexibility index (Phi) is 5.84. The lowest BCUT2D eigenvalue weighted by Crippen LogP contribution is -2.36. The van der Waals surface area contributed by atoms with E-state index < -0.39 is 0 Å². The number of rotatable bonds is 2. The third kappa shape index (κ3) is 4.09. The summed E-state index contributed by atoms with van der Waals surface area (Å²) >= 11 is 1.43. The molecule has 4 heteroatoms. The third-order valence-electron chi connectivity index (χ3n) is 4.10. The van der Waals surface area contributed by atoms with Crippen molar-refractivity contribution in [3.8, 4) is 11.8 Å². The van der Waals surface area contributed by atoms with Crippen LogP contribution in [-0.4, -0.2) is 35.6 Å². The highest BCUT2D eigenvalue weighted by atomic mass is 32.1. The molecule has 1 amide bonds. The smallest absolute Gasteiger partial charge is 0.263 e. The van der Waals surface area contributed by atoms with Crippen molar-refractivity contribution in [3.63, 3.8) is 0 Å². The average molecular weight is 305 g/mol. The first-order valence-electron chi connectivity index (χ1n) is 7.61. The summed E-state index contributed by atoms with van der Waals surface area (Å²) in [6.07, 6.45) is 7.25. The predicted octanol–water partition coefficient (Wildman–Crippen LogP) is 3.20. The van der Waals surface area contributed by atoms with Crippen molar-refractivity contribution in [2.75, 3.05) is 13.7 Å². The maximum absolute atomic E-state index is 12.6. The number of hydrogen-bond donors (Lipinski definition) is 1. The van der Waals surface area contributed by atoms with Gasteiger partial charge in [-0.15, -0.1) is 11.3 Å². The van der Waals surface area contributed by atoms with Crippen LogP contribution in [0.3, 0.4) is 0 Å². The maximum atomic E-state index is 12.6. The summed E-state index contributed by atoms with van der Waals surface area (Å²) in [6, 6.07) is 2.29. The second kappa shape index (κ2) is 7.63. The van der Waals surface area contributed by atoms with E-state index in [0.29, 0.717) is 6.04 Å². The minimum atomic E-state index is -0.150. The number of amides is 1. The van der Waals surface area contributed by atoms with Crippen molar-refractivity contribution in [1.29, 1.82) is 0 Å². The van der Waals surface area contributed by atoms with E-state index in [0.717, 1.165) is 28.2 Å². The number of aliphatic hydroxyl groups excluding tert-OH is 1. The van der Waals surface area contributed by atoms with Crippen LogP contribution in [-0.2, 0) is 0 Å². The summed E-state index contributed by atoms with van der Waals surface area (Å²) in [5.41, 5.74) is 1.01. The molecule has 1 N–H and O–H groups in total. The number of thiophene rings is 1. The Bertz CT molecular complexity index is 545. The molecule has 1 heterocycles. The van der Waals surface area contributed by atoms with Gasteiger partial charge < -0.3 is 10.0 Å². The van der Waals surface area contributed by atoms with Crippen LogP contribution in [0.2, 0.25) is 0 Å². The summed E-state index contributed by atoms with van der Waals surface area (Å²) in [5, 5.41) is 8.78. The van der Waals surface area contributed by atoms with E-state index in [4.69, 9.17) is 5.11 Å². The molecule has 1 aromatic heterocycles. The Morgan fingerprint density at radius 1 is 1.38 bits per heavy atom. The standard InChI is InChI=1S/C17H23NO2S/c1-13-12-16(21-15(13)10-7-11-19)17(20)18(2)14-8-5-3-4-6-9-14/h12,14,19H,3-6,8-9,11H2,1-2H3. The predicted molar refractivity (Wildman–Crippen MR) is 86.6 cm³/mol. The lowest BCUT2D eigenvalue weighted by Gasteiger charge is -2.26. The van der Waals surface area contributed by atoms with Crippen LogP contribution in [0, 0.1) is 18.8 Å². The van der Waals surface area contributed by atoms with Crippen molar-refractivity contribution in [2.24, 2.45) is 0 Å². The number of carbonyl (C=O) groups is 1. The molecule has 1 aliphatic carbocycles. The zero-order valence-electron chi connectivity index (χ0n) is 12.8. The maximum Gasteiger partial charge on any atom is 0.263 e. The second-order valence-corrected chi connectivity index (χ2v) is 6.70. The van der Waals surface area contributed by atoms with Crippen molar-refractivity contribution in [2.45, 2.75) is 51.5 Å². The van der Waals surface area contributed by atoms with Crippen LogP contribution in [0.15, 0.2) is 6.07 Å². The first-order chi connectivity index (χ1) is 10.1. The molecule has 0 aromatic carbocycles. The Morgan fingerprint density at radius 3 is 2.67 bits per heavy atom. The summed E-state index contributed by atoms with van der Waals surface area (Å²) in [5.74, 6) is 5.67. The fourth-order valence-electron chi connectivity index (χ4n) is 2.82. The number of nitrogens with zero attached hydrogens (tertiary/aromatic N) is 1. The van der Waals surface area contributed by atoms with E-state index >= 15 is 0 Å². The minimum absolute atomic E-state index is 0.104. The number of hydrogen-bond acceptors (Lipinski definition) is 3. The second-order valence-electron chi connectivity index (χ2n) is 5.64. The van der Waals surface area contributed by atoms with E-state index in [1.165, 1.54) is 37.0 Å². The molecule has 1 fully saturated rings. The summed E-state index contributed by atoms with van der Waals surface area (Å²) in [4.78, 5) is 16.2. The molecule has 0 unspecified atom stereocenters. The lowest BCUT2D eigenvalue weighted by molar-refractivity contribution is 0.0722. The number of carbonyl (C=O) groups excluding carboxylic acids is 1. The van der Waals surface area contributed by atoms with Gasteiger partial charge in [-0.05, 0) is 31.4 Å². The van der Waals surface area contributed by atoms with Crippen LogP contribution < -0.4 is 0 Å². The Morgan fingerprint density at radius 2 is 2.05 bits per heavy atom. The van der Waals surface area contributed by atoms with E-state index in [-0.39, 0.29) is 12.5 Å². The van der Waals surface area contributed by atoms with Crippen molar-refractivity contribution in [1.82, 2.24) is 4.90 Å².